The fraction of sp³-hybridized carbons (Fsp3) is 0.667. The molecule has 0 atom stereocenters. The Morgan fingerprint density at radius 3 is 2.56 bits per heavy atom. The van der Waals surface area contributed by atoms with Crippen LogP contribution < -0.4 is 0 Å². The summed E-state index contributed by atoms with van der Waals surface area (Å²) in [6.07, 6.45) is 0. The first kappa shape index (κ1) is 8.36. The van der Waals surface area contributed by atoms with Gasteiger partial charge in [0, 0.05) is 0 Å². The second-order valence-electron chi connectivity index (χ2n) is 1.13. The predicted octanol–water partition coefficient (Wildman–Crippen LogP) is -0.275. The Labute approximate surface area is 53.0 Å². The minimum atomic E-state index is -4.34. The largest absolute Gasteiger partial charge is 0.397 e. The van der Waals surface area contributed by atoms with Gasteiger partial charge in [-0.15, -0.1) is 0 Å². The number of rotatable bonds is 3. The Kier molecular flexibility index (Phi) is 3.16. The van der Waals surface area contributed by atoms with Gasteiger partial charge >= 0.3 is 10.4 Å². The highest BCUT2D eigenvalue weighted by molar-refractivity contribution is 7.80. The summed E-state index contributed by atoms with van der Waals surface area (Å²) in [5.41, 5.74) is 0. The molecule has 0 spiro atoms. The molecule has 0 saturated carbocycles. The van der Waals surface area contributed by atoms with Crippen LogP contribution in [0.15, 0.2) is 0 Å². The van der Waals surface area contributed by atoms with Crippen LogP contribution in [-0.4, -0.2) is 26.1 Å². The lowest BCUT2D eigenvalue weighted by Crippen LogP contribution is -2.05. The maximum Gasteiger partial charge on any atom is 0.397 e. The topological polar surface area (TPSA) is 68.0 Å². The zero-order valence-electron chi connectivity index (χ0n) is 4.44. The lowest BCUT2D eigenvalue weighted by atomic mass is 10.7. The van der Waals surface area contributed by atoms with Crippen molar-refractivity contribution in [3.8, 4) is 0 Å². The molecular weight excluding hydrogens is 146 g/mol. The van der Waals surface area contributed by atoms with Crippen molar-refractivity contribution in [2.75, 3.05) is 13.2 Å². The van der Waals surface area contributed by atoms with Gasteiger partial charge in [0.1, 0.15) is 6.61 Å². The van der Waals surface area contributed by atoms with E-state index in [1.165, 1.54) is 0 Å². The van der Waals surface area contributed by atoms with Crippen LogP contribution in [0.1, 0.15) is 0 Å². The van der Waals surface area contributed by atoms with Crippen molar-refractivity contribution in [1.29, 1.82) is 0 Å². The molecule has 0 amide bonds. The van der Waals surface area contributed by atoms with Gasteiger partial charge in [0.2, 0.25) is 6.54 Å². The second-order valence-corrected chi connectivity index (χ2v) is 2.22. The number of hydrogen-bond acceptors (Lipinski definition) is 3. The van der Waals surface area contributed by atoms with Gasteiger partial charge < -0.3 is 4.85 Å². The summed E-state index contributed by atoms with van der Waals surface area (Å²) in [4.78, 5) is 2.79. The fourth-order valence-corrected chi connectivity index (χ4v) is 0.473. The zero-order valence-corrected chi connectivity index (χ0v) is 5.26. The molecule has 0 rings (SSSR count). The quantitative estimate of drug-likeness (QED) is 0.342. The van der Waals surface area contributed by atoms with E-state index >= 15 is 0 Å². The average Bonchev–Trinajstić information content (AvgIpc) is 1.63. The van der Waals surface area contributed by atoms with Crippen LogP contribution in [0, 0.1) is 6.57 Å². The van der Waals surface area contributed by atoms with Crippen LogP contribution >= 0.6 is 0 Å². The molecule has 6 heteroatoms. The summed E-state index contributed by atoms with van der Waals surface area (Å²) in [6, 6.07) is 0. The first-order valence-corrected chi connectivity index (χ1v) is 3.38. The lowest BCUT2D eigenvalue weighted by molar-refractivity contribution is 0.280. The van der Waals surface area contributed by atoms with E-state index in [0.717, 1.165) is 0 Å². The van der Waals surface area contributed by atoms with Gasteiger partial charge in [0.15, 0.2) is 0 Å². The summed E-state index contributed by atoms with van der Waals surface area (Å²) in [5, 5.41) is 0. The smallest absolute Gasteiger partial charge is 0.314 e. The van der Waals surface area contributed by atoms with E-state index in [2.05, 4.69) is 9.03 Å². The van der Waals surface area contributed by atoms with E-state index in [0.29, 0.717) is 0 Å². The Morgan fingerprint density at radius 1 is 1.67 bits per heavy atom. The minimum Gasteiger partial charge on any atom is -0.314 e. The summed E-state index contributed by atoms with van der Waals surface area (Å²) in [6.45, 7) is 5.82. The van der Waals surface area contributed by atoms with Crippen molar-refractivity contribution in [1.82, 2.24) is 0 Å². The molecule has 0 heterocycles. The van der Waals surface area contributed by atoms with Crippen molar-refractivity contribution >= 4 is 10.4 Å². The van der Waals surface area contributed by atoms with Gasteiger partial charge in [-0.1, -0.05) is 0 Å². The van der Waals surface area contributed by atoms with Crippen LogP contribution in [0.4, 0.5) is 0 Å². The van der Waals surface area contributed by atoms with Gasteiger partial charge in [-0.25, -0.2) is 10.8 Å². The molecule has 0 aromatic carbocycles. The van der Waals surface area contributed by atoms with E-state index < -0.39 is 10.4 Å². The first-order chi connectivity index (χ1) is 4.06. The van der Waals surface area contributed by atoms with Gasteiger partial charge in [0.05, 0.1) is 0 Å². The molecule has 5 nitrogen and oxygen atoms in total. The molecular formula is C3H5NO4S. The Hall–Kier alpha value is -0.640. The molecule has 0 aromatic heterocycles. The molecule has 0 aromatic rings. The lowest BCUT2D eigenvalue weighted by Gasteiger charge is -1.90. The van der Waals surface area contributed by atoms with Gasteiger partial charge in [-0.3, -0.25) is 4.55 Å². The summed E-state index contributed by atoms with van der Waals surface area (Å²) in [7, 11) is -4.34. The Bertz CT molecular complexity index is 200. The monoisotopic (exact) mass is 151 g/mol. The Morgan fingerprint density at radius 2 is 2.22 bits per heavy atom. The van der Waals surface area contributed by atoms with E-state index in [1.807, 2.05) is 0 Å². The van der Waals surface area contributed by atoms with Gasteiger partial charge in [0.25, 0.3) is 0 Å². The summed E-state index contributed by atoms with van der Waals surface area (Å²) >= 11 is 0. The van der Waals surface area contributed by atoms with Crippen LogP contribution in [0.5, 0.6) is 0 Å². The molecule has 9 heavy (non-hydrogen) atoms. The number of hydrogen-bond donors (Lipinski definition) is 1. The maximum atomic E-state index is 9.74. The average molecular weight is 151 g/mol. The molecule has 0 bridgehead atoms. The van der Waals surface area contributed by atoms with Crippen LogP contribution in [0.2, 0.25) is 0 Å². The van der Waals surface area contributed by atoms with Crippen molar-refractivity contribution < 1.29 is 17.2 Å². The fourth-order valence-electron chi connectivity index (χ4n) is 0.188. The minimum absolute atomic E-state index is 0.0697. The normalized spacial score (nSPS) is 10.7. The molecule has 0 unspecified atom stereocenters. The molecule has 0 fully saturated rings. The van der Waals surface area contributed by atoms with Crippen molar-refractivity contribution in [3.63, 3.8) is 0 Å². The van der Waals surface area contributed by atoms with Crippen molar-refractivity contribution in [2.45, 2.75) is 0 Å². The molecule has 0 radical (unpaired) electrons. The van der Waals surface area contributed by atoms with Crippen LogP contribution in [-0.2, 0) is 14.6 Å². The van der Waals surface area contributed by atoms with Crippen molar-refractivity contribution in [2.24, 2.45) is 0 Å². The number of nitrogens with zero attached hydrogens (tertiary/aromatic N) is 1. The molecule has 0 saturated heterocycles. The van der Waals surface area contributed by atoms with Gasteiger partial charge in [-0.2, -0.15) is 8.42 Å². The molecule has 0 aliphatic carbocycles. The third-order valence-corrected chi connectivity index (χ3v) is 0.900. The predicted molar refractivity (Wildman–Crippen MR) is 29.0 cm³/mol. The van der Waals surface area contributed by atoms with E-state index in [4.69, 9.17) is 11.1 Å². The zero-order chi connectivity index (χ0) is 7.33. The molecule has 52 valence electrons. The van der Waals surface area contributed by atoms with E-state index in [9.17, 15) is 8.42 Å². The highest BCUT2D eigenvalue weighted by Crippen LogP contribution is 1.84. The maximum absolute atomic E-state index is 9.74. The highest BCUT2D eigenvalue weighted by Gasteiger charge is 2.02. The molecule has 1 N–H and O–H groups in total. The molecule has 0 aliphatic rings. The SMILES string of the molecule is [C-]#[N+]CCOS(=O)(=O)O. The summed E-state index contributed by atoms with van der Waals surface area (Å²) < 4.78 is 31.1. The molecule has 0 aliphatic heterocycles. The summed E-state index contributed by atoms with van der Waals surface area (Å²) in [5.74, 6) is 0. The standard InChI is InChI=1S/C3H5NO4S/c1-4-2-3-8-9(5,6)7/h2-3H2,(H,5,6,7). The third kappa shape index (κ3) is 7.36. The van der Waals surface area contributed by atoms with Crippen LogP contribution in [0.3, 0.4) is 0 Å². The van der Waals surface area contributed by atoms with E-state index in [-0.39, 0.29) is 13.2 Å². The van der Waals surface area contributed by atoms with Gasteiger partial charge in [-0.05, 0) is 0 Å². The van der Waals surface area contributed by atoms with Crippen molar-refractivity contribution in [3.05, 3.63) is 11.4 Å². The second kappa shape index (κ2) is 3.40. The van der Waals surface area contributed by atoms with E-state index in [1.54, 1.807) is 0 Å². The van der Waals surface area contributed by atoms with Crippen LogP contribution in [0.25, 0.3) is 4.85 Å². The first-order valence-electron chi connectivity index (χ1n) is 2.01. The Balaban J connectivity index is 3.44. The third-order valence-electron chi connectivity index (χ3n) is 0.435. The highest BCUT2D eigenvalue weighted by atomic mass is 32.3.